The van der Waals surface area contributed by atoms with Crippen molar-refractivity contribution in [1.82, 2.24) is 20.0 Å². The van der Waals surface area contributed by atoms with Gasteiger partial charge in [0.15, 0.2) is 5.82 Å². The predicted octanol–water partition coefficient (Wildman–Crippen LogP) is 3.26. The lowest BCUT2D eigenvalue weighted by Crippen LogP contribution is -2.38. The second kappa shape index (κ2) is 7.55. The van der Waals surface area contributed by atoms with E-state index in [2.05, 4.69) is 15.1 Å². The Kier molecular flexibility index (Phi) is 4.73. The molecule has 1 atom stereocenters. The number of hydrogen-bond donors (Lipinski definition) is 0. The number of ether oxygens (including phenoxy) is 1. The van der Waals surface area contributed by atoms with Gasteiger partial charge in [-0.3, -0.25) is 9.78 Å². The molecule has 7 nitrogen and oxygen atoms in total. The number of likely N-dealkylation sites (tertiary alicyclic amines) is 1. The van der Waals surface area contributed by atoms with Crippen LogP contribution in [-0.2, 0) is 16.6 Å². The minimum Gasteiger partial charge on any atom is -0.497 e. The van der Waals surface area contributed by atoms with Gasteiger partial charge in [-0.25, -0.2) is 0 Å². The quantitative estimate of drug-likeness (QED) is 0.627. The third kappa shape index (κ3) is 3.44. The maximum Gasteiger partial charge on any atom is 0.258 e. The van der Waals surface area contributed by atoms with Crippen molar-refractivity contribution in [3.63, 3.8) is 0 Å². The van der Waals surface area contributed by atoms with E-state index >= 15 is 0 Å². The Morgan fingerprint density at radius 2 is 1.97 bits per heavy atom. The number of benzene rings is 1. The van der Waals surface area contributed by atoms with Gasteiger partial charge in [0.2, 0.25) is 5.91 Å². The number of pyridine rings is 1. The average Bonchev–Trinajstić information content (AvgIpc) is 3.25. The summed E-state index contributed by atoms with van der Waals surface area (Å²) in [6.07, 6.45) is 6.92. The lowest BCUT2D eigenvalue weighted by Gasteiger charge is -2.23. The van der Waals surface area contributed by atoms with Gasteiger partial charge < -0.3 is 14.2 Å². The van der Waals surface area contributed by atoms with Crippen LogP contribution in [-0.4, -0.2) is 46.1 Å². The molecule has 3 aromatic rings. The standard InChI is InChI=1S/C23H24N4O3/c1-29-19-4-2-18(3-5-19)23(9-10-23)22(28)27-13-8-16(15-27)14-20-25-21(30-26-20)17-6-11-24-12-7-17/h2-7,11-12,16H,8-10,13-15H2,1H3. The van der Waals surface area contributed by atoms with Gasteiger partial charge in [0.25, 0.3) is 5.89 Å². The van der Waals surface area contributed by atoms with E-state index in [0.29, 0.717) is 24.1 Å². The smallest absolute Gasteiger partial charge is 0.258 e. The fraction of sp³-hybridized carbons (Fsp3) is 0.391. The van der Waals surface area contributed by atoms with E-state index in [1.165, 1.54) is 0 Å². The van der Waals surface area contributed by atoms with Gasteiger partial charge in [-0.15, -0.1) is 0 Å². The van der Waals surface area contributed by atoms with Crippen molar-refractivity contribution in [2.75, 3.05) is 20.2 Å². The number of amides is 1. The van der Waals surface area contributed by atoms with Crippen LogP contribution in [0.2, 0.25) is 0 Å². The predicted molar refractivity (Wildman–Crippen MR) is 110 cm³/mol. The lowest BCUT2D eigenvalue weighted by atomic mass is 9.94. The van der Waals surface area contributed by atoms with Crippen LogP contribution in [0.1, 0.15) is 30.7 Å². The molecular formula is C23H24N4O3. The molecule has 1 unspecified atom stereocenters. The minimum absolute atomic E-state index is 0.251. The van der Waals surface area contributed by atoms with Gasteiger partial charge in [0.1, 0.15) is 5.75 Å². The summed E-state index contributed by atoms with van der Waals surface area (Å²) in [5, 5.41) is 4.13. The zero-order valence-corrected chi connectivity index (χ0v) is 17.0. The number of hydrogen-bond acceptors (Lipinski definition) is 6. The fourth-order valence-electron chi connectivity index (χ4n) is 4.35. The molecule has 1 aromatic carbocycles. The Bertz CT molecular complexity index is 1030. The van der Waals surface area contributed by atoms with E-state index in [0.717, 1.165) is 49.2 Å². The molecular weight excluding hydrogens is 380 g/mol. The highest BCUT2D eigenvalue weighted by molar-refractivity contribution is 5.91. The van der Waals surface area contributed by atoms with Crippen LogP contribution in [0, 0.1) is 5.92 Å². The van der Waals surface area contributed by atoms with Gasteiger partial charge in [-0.05, 0) is 55.0 Å². The Hall–Kier alpha value is -3.22. The van der Waals surface area contributed by atoms with Crippen molar-refractivity contribution in [2.24, 2.45) is 5.92 Å². The Morgan fingerprint density at radius 1 is 1.20 bits per heavy atom. The van der Waals surface area contributed by atoms with Crippen molar-refractivity contribution < 1.29 is 14.1 Å². The molecule has 1 aliphatic heterocycles. The van der Waals surface area contributed by atoms with Gasteiger partial charge in [-0.2, -0.15) is 4.98 Å². The molecule has 154 valence electrons. The van der Waals surface area contributed by atoms with Gasteiger partial charge in [0.05, 0.1) is 12.5 Å². The molecule has 0 bridgehead atoms. The monoisotopic (exact) mass is 404 g/mol. The fourth-order valence-corrected chi connectivity index (χ4v) is 4.35. The Labute approximate surface area is 175 Å². The molecule has 0 N–H and O–H groups in total. The Balaban J connectivity index is 1.23. The van der Waals surface area contributed by atoms with Crippen LogP contribution in [0.5, 0.6) is 5.75 Å². The first-order chi connectivity index (χ1) is 14.7. The molecule has 0 spiro atoms. The maximum absolute atomic E-state index is 13.3. The second-order valence-corrected chi connectivity index (χ2v) is 8.17. The first-order valence-electron chi connectivity index (χ1n) is 10.3. The number of carbonyl (C=O) groups excluding carboxylic acids is 1. The van der Waals surface area contributed by atoms with Gasteiger partial charge in [0, 0.05) is 37.5 Å². The number of aromatic nitrogens is 3. The molecule has 0 radical (unpaired) electrons. The van der Waals surface area contributed by atoms with Crippen LogP contribution in [0.15, 0.2) is 53.3 Å². The van der Waals surface area contributed by atoms with Crippen LogP contribution >= 0.6 is 0 Å². The highest BCUT2D eigenvalue weighted by Crippen LogP contribution is 2.50. The number of nitrogens with zero attached hydrogens (tertiary/aromatic N) is 4. The lowest BCUT2D eigenvalue weighted by molar-refractivity contribution is -0.133. The first-order valence-corrected chi connectivity index (χ1v) is 10.3. The molecule has 5 rings (SSSR count). The zero-order chi connectivity index (χ0) is 20.6. The van der Waals surface area contributed by atoms with E-state index in [9.17, 15) is 4.79 Å². The molecule has 2 aliphatic rings. The molecule has 30 heavy (non-hydrogen) atoms. The highest BCUT2D eigenvalue weighted by atomic mass is 16.5. The molecule has 7 heteroatoms. The van der Waals surface area contributed by atoms with Crippen LogP contribution < -0.4 is 4.74 Å². The minimum atomic E-state index is -0.345. The number of rotatable bonds is 6. The Morgan fingerprint density at radius 3 is 2.67 bits per heavy atom. The summed E-state index contributed by atoms with van der Waals surface area (Å²) >= 11 is 0. The summed E-state index contributed by atoms with van der Waals surface area (Å²) in [4.78, 5) is 23.9. The summed E-state index contributed by atoms with van der Waals surface area (Å²) in [5.74, 6) is 2.62. The molecule has 3 heterocycles. The van der Waals surface area contributed by atoms with E-state index < -0.39 is 0 Å². The van der Waals surface area contributed by atoms with Gasteiger partial charge >= 0.3 is 0 Å². The highest BCUT2D eigenvalue weighted by Gasteiger charge is 2.53. The van der Waals surface area contributed by atoms with E-state index in [1.54, 1.807) is 19.5 Å². The SMILES string of the molecule is COc1ccc(C2(C(=O)N3CCC(Cc4noc(-c5ccncc5)n4)C3)CC2)cc1. The molecule has 1 saturated heterocycles. The number of carbonyl (C=O) groups is 1. The summed E-state index contributed by atoms with van der Waals surface area (Å²) in [7, 11) is 1.65. The summed E-state index contributed by atoms with van der Waals surface area (Å²) in [5.41, 5.74) is 1.61. The molecule has 2 fully saturated rings. The van der Waals surface area contributed by atoms with Crippen LogP contribution in [0.3, 0.4) is 0 Å². The summed E-state index contributed by atoms with van der Waals surface area (Å²) in [6, 6.07) is 11.6. The molecule has 1 amide bonds. The largest absolute Gasteiger partial charge is 0.497 e. The van der Waals surface area contributed by atoms with Crippen LogP contribution in [0.4, 0.5) is 0 Å². The van der Waals surface area contributed by atoms with E-state index in [-0.39, 0.29) is 11.3 Å². The molecule has 1 aliphatic carbocycles. The van der Waals surface area contributed by atoms with Crippen LogP contribution in [0.25, 0.3) is 11.5 Å². The third-order valence-corrected chi connectivity index (χ3v) is 6.24. The normalized spacial score (nSPS) is 19.6. The van der Waals surface area contributed by atoms with Crippen molar-refractivity contribution in [3.05, 3.63) is 60.2 Å². The van der Waals surface area contributed by atoms with Crippen molar-refractivity contribution in [3.8, 4) is 17.2 Å². The maximum atomic E-state index is 13.3. The molecule has 1 saturated carbocycles. The molecule has 2 aromatic heterocycles. The van der Waals surface area contributed by atoms with Crippen molar-refractivity contribution >= 4 is 5.91 Å². The first kappa shape index (κ1) is 18.8. The number of methoxy groups -OCH3 is 1. The summed E-state index contributed by atoms with van der Waals surface area (Å²) in [6.45, 7) is 1.53. The van der Waals surface area contributed by atoms with Crippen molar-refractivity contribution in [1.29, 1.82) is 0 Å². The van der Waals surface area contributed by atoms with Gasteiger partial charge in [-0.1, -0.05) is 17.3 Å². The zero-order valence-electron chi connectivity index (χ0n) is 17.0. The van der Waals surface area contributed by atoms with E-state index in [1.807, 2.05) is 41.3 Å². The third-order valence-electron chi connectivity index (χ3n) is 6.24. The van der Waals surface area contributed by atoms with E-state index in [4.69, 9.17) is 9.26 Å². The topological polar surface area (TPSA) is 81.4 Å². The van der Waals surface area contributed by atoms with Crippen molar-refractivity contribution in [2.45, 2.75) is 31.1 Å². The summed E-state index contributed by atoms with van der Waals surface area (Å²) < 4.78 is 10.6. The average molecular weight is 404 g/mol. The second-order valence-electron chi connectivity index (χ2n) is 8.17.